The highest BCUT2D eigenvalue weighted by Gasteiger charge is 2.29. The molecule has 2 rings (SSSR count). The summed E-state index contributed by atoms with van der Waals surface area (Å²) in [5, 5.41) is 0. The van der Waals surface area contributed by atoms with Gasteiger partial charge in [-0.2, -0.15) is 0 Å². The third-order valence-electron chi connectivity index (χ3n) is 4.00. The maximum Gasteiger partial charge on any atom is 0.254 e. The van der Waals surface area contributed by atoms with Crippen molar-refractivity contribution in [1.82, 2.24) is 4.90 Å². The van der Waals surface area contributed by atoms with E-state index in [2.05, 4.69) is 18.7 Å². The van der Waals surface area contributed by atoms with Crippen LogP contribution in [-0.4, -0.2) is 22.9 Å². The van der Waals surface area contributed by atoms with Crippen molar-refractivity contribution in [3.05, 3.63) is 29.3 Å². The highest BCUT2D eigenvalue weighted by atomic mass is 16.2. The van der Waals surface area contributed by atoms with Crippen molar-refractivity contribution in [3.8, 4) is 0 Å². The number of carbonyl (C=O) groups is 1. The van der Waals surface area contributed by atoms with Crippen LogP contribution in [0.4, 0.5) is 5.69 Å². The molecule has 0 aromatic heterocycles. The van der Waals surface area contributed by atoms with Gasteiger partial charge in [0.05, 0.1) is 0 Å². The lowest BCUT2D eigenvalue weighted by atomic mass is 10.0. The topological polar surface area (TPSA) is 46.3 Å². The van der Waals surface area contributed by atoms with Crippen LogP contribution in [0.5, 0.6) is 0 Å². The number of hydrogen-bond acceptors (Lipinski definition) is 2. The molecule has 0 saturated heterocycles. The number of carbonyl (C=O) groups excluding carboxylic acids is 1. The molecule has 0 unspecified atom stereocenters. The van der Waals surface area contributed by atoms with Crippen LogP contribution in [0, 0.1) is 6.92 Å². The molecule has 1 amide bonds. The Kier molecular flexibility index (Phi) is 4.13. The molecule has 1 saturated carbocycles. The monoisotopic (exact) mass is 260 g/mol. The summed E-state index contributed by atoms with van der Waals surface area (Å²) in [5.41, 5.74) is 8.23. The first kappa shape index (κ1) is 13.9. The second kappa shape index (κ2) is 5.64. The largest absolute Gasteiger partial charge is 0.399 e. The second-order valence-electron chi connectivity index (χ2n) is 5.82. The molecule has 1 aromatic carbocycles. The molecule has 1 aromatic rings. The third kappa shape index (κ3) is 2.91. The molecule has 0 radical (unpaired) electrons. The van der Waals surface area contributed by atoms with E-state index in [9.17, 15) is 4.79 Å². The maximum absolute atomic E-state index is 12.8. The fraction of sp³-hybridized carbons (Fsp3) is 0.562. The number of nitrogens with zero attached hydrogens (tertiary/aromatic N) is 1. The van der Waals surface area contributed by atoms with Gasteiger partial charge in [-0.25, -0.2) is 0 Å². The van der Waals surface area contributed by atoms with E-state index in [0.717, 1.165) is 24.0 Å². The number of nitrogen functional groups attached to an aromatic ring is 1. The summed E-state index contributed by atoms with van der Waals surface area (Å²) in [7, 11) is 0. The average Bonchev–Trinajstić information content (AvgIpc) is 2.85. The van der Waals surface area contributed by atoms with E-state index in [1.807, 2.05) is 25.1 Å². The average molecular weight is 260 g/mol. The summed E-state index contributed by atoms with van der Waals surface area (Å²) in [5.74, 6) is 0.131. The minimum atomic E-state index is 0.131. The lowest BCUT2D eigenvalue weighted by Crippen LogP contribution is -2.43. The summed E-state index contributed by atoms with van der Waals surface area (Å²) in [6, 6.07) is 6.21. The highest BCUT2D eigenvalue weighted by molar-refractivity contribution is 5.96. The van der Waals surface area contributed by atoms with E-state index in [0.29, 0.717) is 11.7 Å². The van der Waals surface area contributed by atoms with Crippen LogP contribution < -0.4 is 5.73 Å². The van der Waals surface area contributed by atoms with E-state index in [1.165, 1.54) is 12.8 Å². The van der Waals surface area contributed by atoms with Crippen molar-refractivity contribution in [2.24, 2.45) is 0 Å². The number of anilines is 1. The Balaban J connectivity index is 2.30. The Bertz CT molecular complexity index is 462. The second-order valence-corrected chi connectivity index (χ2v) is 5.82. The van der Waals surface area contributed by atoms with Gasteiger partial charge in [0.2, 0.25) is 0 Å². The van der Waals surface area contributed by atoms with Crippen molar-refractivity contribution in [1.29, 1.82) is 0 Å². The van der Waals surface area contributed by atoms with Gasteiger partial charge in [0.15, 0.2) is 0 Å². The molecule has 0 aliphatic heterocycles. The Morgan fingerprint density at radius 3 is 2.53 bits per heavy atom. The SMILES string of the molecule is Cc1ccc(N)cc1C(=O)N(C(C)C)C1CCCC1. The molecule has 3 nitrogen and oxygen atoms in total. The summed E-state index contributed by atoms with van der Waals surface area (Å²) < 4.78 is 0. The molecule has 1 aliphatic carbocycles. The van der Waals surface area contributed by atoms with Gasteiger partial charge in [0.25, 0.3) is 5.91 Å². The molecule has 3 heteroatoms. The van der Waals surface area contributed by atoms with Gasteiger partial charge in [0.1, 0.15) is 0 Å². The van der Waals surface area contributed by atoms with Crippen LogP contribution >= 0.6 is 0 Å². The number of aryl methyl sites for hydroxylation is 1. The van der Waals surface area contributed by atoms with E-state index in [-0.39, 0.29) is 11.9 Å². The predicted molar refractivity (Wildman–Crippen MR) is 79.2 cm³/mol. The number of hydrogen-bond donors (Lipinski definition) is 1. The maximum atomic E-state index is 12.8. The number of rotatable bonds is 3. The fourth-order valence-corrected chi connectivity index (χ4v) is 3.01. The molecular weight excluding hydrogens is 236 g/mol. The van der Waals surface area contributed by atoms with E-state index >= 15 is 0 Å². The first-order valence-electron chi connectivity index (χ1n) is 7.19. The summed E-state index contributed by atoms with van der Waals surface area (Å²) in [6.07, 6.45) is 4.73. The standard InChI is InChI=1S/C16H24N2O/c1-11(2)18(14-6-4-5-7-14)16(19)15-10-13(17)9-8-12(15)3/h8-11,14H,4-7,17H2,1-3H3. The molecule has 0 bridgehead atoms. The zero-order valence-electron chi connectivity index (χ0n) is 12.1. The van der Waals surface area contributed by atoms with Gasteiger partial charge in [-0.05, 0) is 51.3 Å². The molecule has 19 heavy (non-hydrogen) atoms. The Morgan fingerprint density at radius 2 is 1.95 bits per heavy atom. The third-order valence-corrected chi connectivity index (χ3v) is 4.00. The predicted octanol–water partition coefficient (Wildman–Crippen LogP) is 3.37. The minimum Gasteiger partial charge on any atom is -0.399 e. The van der Waals surface area contributed by atoms with Crippen LogP contribution in [0.3, 0.4) is 0 Å². The molecule has 0 atom stereocenters. The quantitative estimate of drug-likeness (QED) is 0.847. The number of amides is 1. The van der Waals surface area contributed by atoms with Crippen LogP contribution in [0.2, 0.25) is 0 Å². The van der Waals surface area contributed by atoms with Gasteiger partial charge >= 0.3 is 0 Å². The normalized spacial score (nSPS) is 16.0. The van der Waals surface area contributed by atoms with Crippen molar-refractivity contribution < 1.29 is 4.79 Å². The number of benzene rings is 1. The molecule has 1 aliphatic rings. The van der Waals surface area contributed by atoms with Gasteiger partial charge in [-0.15, -0.1) is 0 Å². The molecule has 104 valence electrons. The fourth-order valence-electron chi connectivity index (χ4n) is 3.01. The molecular formula is C16H24N2O. The molecule has 2 N–H and O–H groups in total. The van der Waals surface area contributed by atoms with E-state index in [4.69, 9.17) is 5.73 Å². The van der Waals surface area contributed by atoms with Crippen molar-refractivity contribution in [2.75, 3.05) is 5.73 Å². The minimum absolute atomic E-state index is 0.131. The van der Waals surface area contributed by atoms with Gasteiger partial charge < -0.3 is 10.6 Å². The van der Waals surface area contributed by atoms with Crippen molar-refractivity contribution >= 4 is 11.6 Å². The van der Waals surface area contributed by atoms with E-state index < -0.39 is 0 Å². The molecule has 1 fully saturated rings. The molecule has 0 spiro atoms. The van der Waals surface area contributed by atoms with E-state index in [1.54, 1.807) is 0 Å². The number of nitrogens with two attached hydrogens (primary N) is 1. The smallest absolute Gasteiger partial charge is 0.254 e. The van der Waals surface area contributed by atoms with Gasteiger partial charge in [0, 0.05) is 23.3 Å². The van der Waals surface area contributed by atoms with Crippen LogP contribution in [-0.2, 0) is 0 Å². The first-order chi connectivity index (χ1) is 9.00. The van der Waals surface area contributed by atoms with Crippen LogP contribution in [0.1, 0.15) is 55.5 Å². The summed E-state index contributed by atoms with van der Waals surface area (Å²) in [4.78, 5) is 14.9. The summed E-state index contributed by atoms with van der Waals surface area (Å²) >= 11 is 0. The van der Waals surface area contributed by atoms with Gasteiger partial charge in [-0.1, -0.05) is 18.9 Å². The van der Waals surface area contributed by atoms with Crippen LogP contribution in [0.15, 0.2) is 18.2 Å². The van der Waals surface area contributed by atoms with Crippen LogP contribution in [0.25, 0.3) is 0 Å². The first-order valence-corrected chi connectivity index (χ1v) is 7.19. The van der Waals surface area contributed by atoms with Gasteiger partial charge in [-0.3, -0.25) is 4.79 Å². The summed E-state index contributed by atoms with van der Waals surface area (Å²) in [6.45, 7) is 6.16. The molecule has 0 heterocycles. The Morgan fingerprint density at radius 1 is 1.32 bits per heavy atom. The zero-order chi connectivity index (χ0) is 14.0. The van der Waals surface area contributed by atoms with Crippen molar-refractivity contribution in [2.45, 2.75) is 58.5 Å². The lowest BCUT2D eigenvalue weighted by Gasteiger charge is -2.33. The zero-order valence-corrected chi connectivity index (χ0v) is 12.1. The highest BCUT2D eigenvalue weighted by Crippen LogP contribution is 2.27. The lowest BCUT2D eigenvalue weighted by molar-refractivity contribution is 0.0612. The Hall–Kier alpha value is -1.51. The Labute approximate surface area is 115 Å². The van der Waals surface area contributed by atoms with Crippen molar-refractivity contribution in [3.63, 3.8) is 0 Å².